The Morgan fingerprint density at radius 3 is 1.92 bits per heavy atom. The van der Waals surface area contributed by atoms with Gasteiger partial charge in [0.25, 0.3) is 0 Å². The molecule has 12 heavy (non-hydrogen) atoms. The Hall–Kier alpha value is -0.630. The van der Waals surface area contributed by atoms with Crippen LogP contribution in [0.3, 0.4) is 0 Å². The van der Waals surface area contributed by atoms with Crippen LogP contribution in [-0.4, -0.2) is 29.3 Å². The van der Waals surface area contributed by atoms with Crippen molar-refractivity contribution in [1.82, 2.24) is 0 Å². The first-order valence-corrected chi connectivity index (χ1v) is 4.75. The zero-order chi connectivity index (χ0) is 10.0. The maximum absolute atomic E-state index is 11.5. The minimum absolute atomic E-state index is 0.739. The first-order valence-electron chi connectivity index (χ1n) is 2.53. The van der Waals surface area contributed by atoms with E-state index in [4.69, 9.17) is 8.42 Å². The molecule has 0 unspecified atom stereocenters. The number of hydrogen-bond donors (Lipinski definition) is 0. The molecule has 0 saturated heterocycles. The molecule has 0 atom stereocenters. The predicted octanol–water partition coefficient (Wildman–Crippen LogP) is 0.141. The number of alkyl halides is 1. The molecule has 0 aromatic carbocycles. The standard InChI is InChI=1S/C4H6F2O2S.O2S/c5-3-1-2-4-9(6,7)8;1-3-2/h1-2H,3-4H2;/b2-1-;. The van der Waals surface area contributed by atoms with Gasteiger partial charge in [-0.15, -0.1) is 3.89 Å². The van der Waals surface area contributed by atoms with Crippen molar-refractivity contribution in [1.29, 1.82) is 0 Å². The van der Waals surface area contributed by atoms with Gasteiger partial charge in [0, 0.05) is 0 Å². The summed E-state index contributed by atoms with van der Waals surface area (Å²) in [6.45, 7) is -0.768. The van der Waals surface area contributed by atoms with E-state index < -0.39 is 34.2 Å². The molecule has 0 fully saturated rings. The summed E-state index contributed by atoms with van der Waals surface area (Å²) in [5.41, 5.74) is 0. The zero-order valence-electron chi connectivity index (χ0n) is 5.77. The lowest BCUT2D eigenvalue weighted by Crippen LogP contribution is -1.93. The van der Waals surface area contributed by atoms with E-state index in [1.54, 1.807) is 0 Å². The van der Waals surface area contributed by atoms with Gasteiger partial charge in [-0.3, -0.25) is 0 Å². The molecule has 0 radical (unpaired) electrons. The molecule has 0 aromatic rings. The average molecular weight is 220 g/mol. The van der Waals surface area contributed by atoms with Crippen LogP contribution >= 0.6 is 0 Å². The van der Waals surface area contributed by atoms with Gasteiger partial charge >= 0.3 is 21.8 Å². The van der Waals surface area contributed by atoms with Crippen LogP contribution in [0.25, 0.3) is 0 Å². The van der Waals surface area contributed by atoms with Crippen molar-refractivity contribution in [3.05, 3.63) is 12.2 Å². The SMILES string of the molecule is O=S(=O)(F)C/C=C\CF.O=S=O. The highest BCUT2D eigenvalue weighted by Gasteiger charge is 2.00. The van der Waals surface area contributed by atoms with Crippen molar-refractivity contribution in [2.75, 3.05) is 12.4 Å². The summed E-state index contributed by atoms with van der Waals surface area (Å²) in [4.78, 5) is 0. The Morgan fingerprint density at radius 1 is 1.25 bits per heavy atom. The lowest BCUT2D eigenvalue weighted by Gasteiger charge is -1.81. The van der Waals surface area contributed by atoms with Crippen LogP contribution in [-0.2, 0) is 21.8 Å². The number of allylic oxidation sites excluding steroid dienone is 1. The van der Waals surface area contributed by atoms with Crippen LogP contribution < -0.4 is 0 Å². The highest BCUT2D eigenvalue weighted by Crippen LogP contribution is 1.90. The second-order valence-corrected chi connectivity index (χ2v) is 2.95. The summed E-state index contributed by atoms with van der Waals surface area (Å²) in [6.07, 6.45) is 1.87. The van der Waals surface area contributed by atoms with Gasteiger partial charge in [-0.05, 0) is 0 Å². The summed E-state index contributed by atoms with van der Waals surface area (Å²) in [5.74, 6) is -0.739. The van der Waals surface area contributed by atoms with E-state index in [1.807, 2.05) is 0 Å². The molecule has 0 aliphatic heterocycles. The fourth-order valence-corrected chi connectivity index (χ4v) is 0.612. The first-order chi connectivity index (χ1) is 5.47. The van der Waals surface area contributed by atoms with E-state index >= 15 is 0 Å². The highest BCUT2D eigenvalue weighted by atomic mass is 32.3. The van der Waals surface area contributed by atoms with E-state index in [0.29, 0.717) is 0 Å². The third-order valence-electron chi connectivity index (χ3n) is 0.551. The van der Waals surface area contributed by atoms with Gasteiger partial charge in [0.15, 0.2) is 0 Å². The lowest BCUT2D eigenvalue weighted by atomic mass is 10.6. The Morgan fingerprint density at radius 2 is 1.67 bits per heavy atom. The normalized spacial score (nSPS) is 10.5. The van der Waals surface area contributed by atoms with E-state index in [-0.39, 0.29) is 0 Å². The van der Waals surface area contributed by atoms with Gasteiger partial charge in [0.1, 0.15) is 6.67 Å². The monoisotopic (exact) mass is 220 g/mol. The van der Waals surface area contributed by atoms with Gasteiger partial charge in [-0.2, -0.15) is 16.8 Å². The van der Waals surface area contributed by atoms with Crippen LogP contribution in [0.1, 0.15) is 0 Å². The number of halogens is 2. The predicted molar refractivity (Wildman–Crippen MR) is 38.9 cm³/mol. The molecule has 0 spiro atoms. The molecular weight excluding hydrogens is 214 g/mol. The summed E-state index contributed by atoms with van der Waals surface area (Å²) in [5, 5.41) is 0. The maximum atomic E-state index is 11.5. The Labute approximate surface area is 72.1 Å². The van der Waals surface area contributed by atoms with Crippen molar-refractivity contribution < 1.29 is 25.1 Å². The van der Waals surface area contributed by atoms with Crippen LogP contribution in [0.15, 0.2) is 12.2 Å². The average Bonchev–Trinajstić information content (AvgIpc) is 1.87. The van der Waals surface area contributed by atoms with Gasteiger partial charge in [-0.25, -0.2) is 4.39 Å². The van der Waals surface area contributed by atoms with Crippen molar-refractivity contribution in [2.45, 2.75) is 0 Å². The van der Waals surface area contributed by atoms with Crippen LogP contribution in [0.4, 0.5) is 8.28 Å². The van der Waals surface area contributed by atoms with E-state index in [0.717, 1.165) is 12.2 Å². The largest absolute Gasteiger partial charge is 0.335 e. The van der Waals surface area contributed by atoms with Crippen molar-refractivity contribution in [2.24, 2.45) is 0 Å². The second-order valence-electron chi connectivity index (χ2n) is 1.40. The molecule has 0 aliphatic rings. The zero-order valence-corrected chi connectivity index (χ0v) is 7.41. The summed E-state index contributed by atoms with van der Waals surface area (Å²) in [7, 11) is -4.45. The number of rotatable bonds is 3. The fourth-order valence-electron chi connectivity index (χ4n) is 0.246. The Kier molecular flexibility index (Phi) is 9.83. The van der Waals surface area contributed by atoms with E-state index in [2.05, 4.69) is 0 Å². The molecule has 72 valence electrons. The summed E-state index contributed by atoms with van der Waals surface area (Å²) >= 11 is -0.750. The minimum Gasteiger partial charge on any atom is -0.247 e. The third kappa shape index (κ3) is 22.8. The van der Waals surface area contributed by atoms with Crippen LogP contribution in [0, 0.1) is 0 Å². The van der Waals surface area contributed by atoms with Gasteiger partial charge in [0.05, 0.1) is 5.75 Å². The molecule has 0 aromatic heterocycles. The van der Waals surface area contributed by atoms with E-state index in [9.17, 15) is 16.7 Å². The molecule has 0 N–H and O–H groups in total. The van der Waals surface area contributed by atoms with Crippen molar-refractivity contribution >= 4 is 21.8 Å². The molecule has 0 bridgehead atoms. The third-order valence-corrected chi connectivity index (χ3v) is 1.14. The first kappa shape index (κ1) is 13.9. The van der Waals surface area contributed by atoms with Crippen LogP contribution in [0.5, 0.6) is 0 Å². The smallest absolute Gasteiger partial charge is 0.247 e. The molecule has 0 amide bonds. The molecule has 0 heterocycles. The molecule has 0 aliphatic carbocycles. The summed E-state index contributed by atoms with van der Waals surface area (Å²) in [6, 6.07) is 0. The molecular formula is C4H6F2O4S2. The van der Waals surface area contributed by atoms with E-state index in [1.165, 1.54) is 0 Å². The van der Waals surface area contributed by atoms with Crippen molar-refractivity contribution in [3.8, 4) is 0 Å². The molecule has 0 saturated carbocycles. The molecule has 4 nitrogen and oxygen atoms in total. The minimum atomic E-state index is -4.45. The van der Waals surface area contributed by atoms with Gasteiger partial charge < -0.3 is 0 Å². The highest BCUT2D eigenvalue weighted by molar-refractivity contribution is 7.86. The van der Waals surface area contributed by atoms with Crippen LogP contribution in [0.2, 0.25) is 0 Å². The summed E-state index contributed by atoms with van der Waals surface area (Å²) < 4.78 is 58.6. The molecule has 8 heteroatoms. The number of hydrogen-bond acceptors (Lipinski definition) is 4. The fraction of sp³-hybridized carbons (Fsp3) is 0.500. The maximum Gasteiger partial charge on any atom is 0.335 e. The van der Waals surface area contributed by atoms with Crippen molar-refractivity contribution in [3.63, 3.8) is 0 Å². The second kappa shape index (κ2) is 8.47. The lowest BCUT2D eigenvalue weighted by molar-refractivity contribution is 0.554. The Balaban J connectivity index is 0. The Bertz CT molecular complexity index is 252. The quantitative estimate of drug-likeness (QED) is 0.501. The van der Waals surface area contributed by atoms with Gasteiger partial charge in [0.2, 0.25) is 0 Å². The van der Waals surface area contributed by atoms with Gasteiger partial charge in [-0.1, -0.05) is 12.2 Å². The molecule has 0 rings (SSSR count). The topological polar surface area (TPSA) is 68.3 Å².